The molecule has 3 heterocycles. The fraction of sp³-hybridized carbons (Fsp3) is 0.333. The molecule has 30 heavy (non-hydrogen) atoms. The maximum absolute atomic E-state index is 12.6. The average molecular weight is 444 g/mol. The molecule has 1 aromatic carbocycles. The van der Waals surface area contributed by atoms with E-state index in [0.717, 1.165) is 37.3 Å². The highest BCUT2D eigenvalue weighted by atomic mass is 32.2. The van der Waals surface area contributed by atoms with E-state index in [1.54, 1.807) is 23.7 Å². The van der Waals surface area contributed by atoms with Crippen molar-refractivity contribution in [1.82, 2.24) is 14.3 Å². The van der Waals surface area contributed by atoms with E-state index in [9.17, 15) is 8.42 Å². The quantitative estimate of drug-likeness (QED) is 0.603. The van der Waals surface area contributed by atoms with Crippen LogP contribution in [0.3, 0.4) is 0 Å². The van der Waals surface area contributed by atoms with Gasteiger partial charge in [-0.25, -0.2) is 4.98 Å². The Kier molecular flexibility index (Phi) is 6.03. The fourth-order valence-corrected chi connectivity index (χ4v) is 5.35. The summed E-state index contributed by atoms with van der Waals surface area (Å²) in [5, 5.41) is 1.72. The van der Waals surface area contributed by atoms with E-state index in [0.29, 0.717) is 11.9 Å². The predicted molar refractivity (Wildman–Crippen MR) is 120 cm³/mol. The number of benzene rings is 1. The highest BCUT2D eigenvalue weighted by Crippen LogP contribution is 2.27. The molecule has 0 saturated carbocycles. The molecule has 2 aromatic heterocycles. The van der Waals surface area contributed by atoms with Crippen molar-refractivity contribution in [3.8, 4) is 0 Å². The number of hydrogen-bond donors (Lipinski definition) is 1. The largest absolute Gasteiger partial charge is 0.369 e. The number of nitrogens with zero attached hydrogens (tertiary/aromatic N) is 4. The third-order valence-corrected chi connectivity index (χ3v) is 7.25. The number of hydrogen-bond acceptors (Lipinski definition) is 7. The summed E-state index contributed by atoms with van der Waals surface area (Å²) in [5.41, 5.74) is 3.16. The van der Waals surface area contributed by atoms with E-state index in [2.05, 4.69) is 55.2 Å². The number of pyridine rings is 1. The molecular weight excluding hydrogens is 418 g/mol. The van der Waals surface area contributed by atoms with Gasteiger partial charge in [-0.1, -0.05) is 30.3 Å². The third kappa shape index (κ3) is 4.63. The van der Waals surface area contributed by atoms with Gasteiger partial charge in [-0.05, 0) is 48.1 Å². The van der Waals surface area contributed by atoms with Gasteiger partial charge >= 0.3 is 0 Å². The van der Waals surface area contributed by atoms with Crippen LogP contribution in [0.4, 0.5) is 11.5 Å². The monoisotopic (exact) mass is 443 g/mol. The number of aryl methyl sites for hydroxylation is 1. The number of nitrogens with one attached hydrogen (secondary N) is 1. The summed E-state index contributed by atoms with van der Waals surface area (Å²) in [6.07, 6.45) is 2.72. The van der Waals surface area contributed by atoms with Crippen molar-refractivity contribution in [3.63, 3.8) is 0 Å². The van der Waals surface area contributed by atoms with Crippen molar-refractivity contribution in [2.45, 2.75) is 31.0 Å². The van der Waals surface area contributed by atoms with Gasteiger partial charge in [0.2, 0.25) is 0 Å². The minimum atomic E-state index is -3.75. The molecule has 1 aliphatic rings. The Morgan fingerprint density at radius 2 is 2.07 bits per heavy atom. The lowest BCUT2D eigenvalue weighted by molar-refractivity contribution is 0.326. The van der Waals surface area contributed by atoms with Crippen LogP contribution in [0.5, 0.6) is 0 Å². The first kappa shape index (κ1) is 20.8. The van der Waals surface area contributed by atoms with Gasteiger partial charge in [-0.2, -0.15) is 12.8 Å². The Hall–Kier alpha value is -2.49. The van der Waals surface area contributed by atoms with Crippen LogP contribution in [-0.2, 0) is 16.6 Å². The second-order valence-corrected chi connectivity index (χ2v) is 9.87. The van der Waals surface area contributed by atoms with Gasteiger partial charge in [0.05, 0.1) is 11.9 Å². The highest BCUT2D eigenvalue weighted by Gasteiger charge is 2.27. The Balaban J connectivity index is 1.44. The second-order valence-electron chi connectivity index (χ2n) is 7.57. The van der Waals surface area contributed by atoms with Crippen molar-refractivity contribution in [2.75, 3.05) is 29.8 Å². The molecule has 3 aromatic rings. The predicted octanol–water partition coefficient (Wildman–Crippen LogP) is 3.36. The van der Waals surface area contributed by atoms with Crippen molar-refractivity contribution < 1.29 is 8.42 Å². The topological polar surface area (TPSA) is 78.4 Å². The first-order valence-electron chi connectivity index (χ1n) is 9.81. The molecule has 7 nitrogen and oxygen atoms in total. The standard InChI is InChI=1S/C21H25N5O2S2/c1-16-12-21(30(27,28)24-20-9-11-29-23-20)22-13-19(16)25(2)18-8-10-26(15-18)14-17-6-4-3-5-7-17/h3-7,9,11-13,18H,8,10,14-15H2,1-2H3,(H,23,24)/t18-/m0/s1. The first-order chi connectivity index (χ1) is 14.4. The molecule has 1 saturated heterocycles. The van der Waals surface area contributed by atoms with Gasteiger partial charge in [0, 0.05) is 38.1 Å². The number of likely N-dealkylation sites (N-methyl/N-ethyl adjacent to an activating group) is 1. The van der Waals surface area contributed by atoms with Crippen LogP contribution in [0.2, 0.25) is 0 Å². The van der Waals surface area contributed by atoms with Crippen LogP contribution in [0, 0.1) is 6.92 Å². The molecule has 1 N–H and O–H groups in total. The average Bonchev–Trinajstić information content (AvgIpc) is 3.40. The normalized spacial score (nSPS) is 17.2. The maximum atomic E-state index is 12.6. The third-order valence-electron chi connectivity index (χ3n) is 5.43. The number of likely N-dealkylation sites (tertiary alicyclic amines) is 1. The fourth-order valence-electron chi connectivity index (χ4n) is 3.80. The zero-order chi connectivity index (χ0) is 21.1. The molecular formula is C21H25N5O2S2. The Morgan fingerprint density at radius 1 is 1.27 bits per heavy atom. The van der Waals surface area contributed by atoms with E-state index < -0.39 is 10.0 Å². The molecule has 0 bridgehead atoms. The summed E-state index contributed by atoms with van der Waals surface area (Å²) in [6, 6.07) is 14.1. The smallest absolute Gasteiger partial charge is 0.280 e. The molecule has 0 unspecified atom stereocenters. The molecule has 0 amide bonds. The molecule has 0 aliphatic carbocycles. The zero-order valence-corrected chi connectivity index (χ0v) is 18.7. The summed E-state index contributed by atoms with van der Waals surface area (Å²) >= 11 is 1.19. The van der Waals surface area contributed by atoms with Crippen molar-refractivity contribution in [2.24, 2.45) is 0 Å². The van der Waals surface area contributed by atoms with Gasteiger partial charge in [0.1, 0.15) is 0 Å². The molecule has 9 heteroatoms. The molecule has 1 fully saturated rings. The van der Waals surface area contributed by atoms with Crippen LogP contribution in [0.1, 0.15) is 17.5 Å². The Bertz CT molecular complexity index is 1090. The lowest BCUT2D eigenvalue weighted by Crippen LogP contribution is -2.35. The summed E-state index contributed by atoms with van der Waals surface area (Å²) in [5.74, 6) is 0.310. The van der Waals surface area contributed by atoms with Gasteiger partial charge in [0.15, 0.2) is 10.8 Å². The number of aromatic nitrogens is 2. The molecule has 0 radical (unpaired) electrons. The van der Waals surface area contributed by atoms with Gasteiger partial charge < -0.3 is 4.90 Å². The maximum Gasteiger partial charge on any atom is 0.280 e. The van der Waals surface area contributed by atoms with Crippen molar-refractivity contribution in [3.05, 3.63) is 65.2 Å². The number of sulfonamides is 1. The minimum Gasteiger partial charge on any atom is -0.369 e. The lowest BCUT2D eigenvalue weighted by atomic mass is 10.1. The number of anilines is 2. The van der Waals surface area contributed by atoms with E-state index in [4.69, 9.17) is 0 Å². The van der Waals surface area contributed by atoms with Gasteiger partial charge in [0.25, 0.3) is 10.0 Å². The van der Waals surface area contributed by atoms with Crippen molar-refractivity contribution in [1.29, 1.82) is 0 Å². The lowest BCUT2D eigenvalue weighted by Gasteiger charge is -2.28. The zero-order valence-electron chi connectivity index (χ0n) is 17.0. The SMILES string of the molecule is Cc1cc(S(=O)(=O)Nc2ccsn2)ncc1N(C)[C@H]1CCN(Cc2ccccc2)C1. The minimum absolute atomic E-state index is 0.00211. The molecule has 0 spiro atoms. The summed E-state index contributed by atoms with van der Waals surface area (Å²) < 4.78 is 31.6. The van der Waals surface area contributed by atoms with Crippen LogP contribution in [0.25, 0.3) is 0 Å². The summed E-state index contributed by atoms with van der Waals surface area (Å²) in [4.78, 5) is 8.91. The summed E-state index contributed by atoms with van der Waals surface area (Å²) in [7, 11) is -1.70. The second kappa shape index (κ2) is 8.71. The van der Waals surface area contributed by atoms with Crippen LogP contribution in [-0.4, -0.2) is 48.9 Å². The van der Waals surface area contributed by atoms with Crippen molar-refractivity contribution >= 4 is 33.1 Å². The highest BCUT2D eigenvalue weighted by molar-refractivity contribution is 7.92. The van der Waals surface area contributed by atoms with Crippen LogP contribution >= 0.6 is 11.5 Å². The van der Waals surface area contributed by atoms with E-state index in [1.807, 2.05) is 13.0 Å². The summed E-state index contributed by atoms with van der Waals surface area (Å²) in [6.45, 7) is 4.88. The van der Waals surface area contributed by atoms with Crippen LogP contribution < -0.4 is 9.62 Å². The van der Waals surface area contributed by atoms with Gasteiger partial charge in [-0.15, -0.1) is 0 Å². The van der Waals surface area contributed by atoms with E-state index >= 15 is 0 Å². The molecule has 4 rings (SSSR count). The first-order valence-corrected chi connectivity index (χ1v) is 12.1. The Labute approximate surface area is 181 Å². The molecule has 1 aliphatic heterocycles. The van der Waals surface area contributed by atoms with E-state index in [-0.39, 0.29) is 5.03 Å². The van der Waals surface area contributed by atoms with Gasteiger partial charge in [-0.3, -0.25) is 9.62 Å². The Morgan fingerprint density at radius 3 is 2.77 bits per heavy atom. The number of rotatable bonds is 7. The van der Waals surface area contributed by atoms with Crippen LogP contribution in [0.15, 0.2) is 59.1 Å². The molecule has 1 atom stereocenters. The van der Waals surface area contributed by atoms with E-state index in [1.165, 1.54) is 17.1 Å². The molecule has 158 valence electrons.